The van der Waals surface area contributed by atoms with Gasteiger partial charge in [-0.2, -0.15) is 0 Å². The highest BCUT2D eigenvalue weighted by Gasteiger charge is 2.42. The minimum Gasteiger partial charge on any atom is -0.491 e. The van der Waals surface area contributed by atoms with Gasteiger partial charge in [0.15, 0.2) is 5.11 Å². The highest BCUT2D eigenvalue weighted by molar-refractivity contribution is 7.80. The molecule has 0 saturated carbocycles. The molecule has 2 aromatic carbocycles. The molecule has 5 rings (SSSR count). The van der Waals surface area contributed by atoms with Crippen LogP contribution in [0.3, 0.4) is 0 Å². The number of hydrogen-bond acceptors (Lipinski definition) is 4. The molecule has 1 aliphatic rings. The van der Waals surface area contributed by atoms with Crippen molar-refractivity contribution in [3.8, 4) is 17.1 Å². The van der Waals surface area contributed by atoms with Crippen molar-refractivity contribution in [2.45, 2.75) is 39.0 Å². The molecular formula is C28H26ClN3O2S. The summed E-state index contributed by atoms with van der Waals surface area (Å²) in [5.74, 6) is 2.36. The molecule has 1 fully saturated rings. The monoisotopic (exact) mass is 503 g/mol. The second kappa shape index (κ2) is 9.72. The number of nitrogens with one attached hydrogen (secondary N) is 1. The highest BCUT2D eigenvalue weighted by Crippen LogP contribution is 2.43. The van der Waals surface area contributed by atoms with Crippen LogP contribution < -0.4 is 15.0 Å². The fourth-order valence-electron chi connectivity index (χ4n) is 4.40. The number of anilines is 1. The summed E-state index contributed by atoms with van der Waals surface area (Å²) in [7, 11) is 0. The number of furan rings is 1. The lowest BCUT2D eigenvalue weighted by Gasteiger charge is -2.26. The summed E-state index contributed by atoms with van der Waals surface area (Å²) in [6.45, 7) is 6.07. The van der Waals surface area contributed by atoms with Crippen LogP contribution in [0.25, 0.3) is 11.3 Å². The number of thiocarbonyl (C=S) groups is 1. The summed E-state index contributed by atoms with van der Waals surface area (Å²) in [5.41, 5.74) is 3.89. The summed E-state index contributed by atoms with van der Waals surface area (Å²) in [4.78, 5) is 6.69. The number of benzene rings is 2. The molecule has 2 aromatic heterocycles. The largest absolute Gasteiger partial charge is 0.491 e. The third-order valence-corrected chi connectivity index (χ3v) is 6.52. The van der Waals surface area contributed by atoms with E-state index in [1.807, 2.05) is 93.6 Å². The topological polar surface area (TPSA) is 50.5 Å². The number of nitrogens with zero attached hydrogens (tertiary/aromatic N) is 2. The van der Waals surface area contributed by atoms with Crippen LogP contribution in [0.15, 0.2) is 83.4 Å². The van der Waals surface area contributed by atoms with Gasteiger partial charge in [0.05, 0.1) is 17.8 Å². The van der Waals surface area contributed by atoms with Crippen LogP contribution in [-0.2, 0) is 0 Å². The van der Waals surface area contributed by atoms with Crippen LogP contribution in [0.5, 0.6) is 5.75 Å². The first kappa shape index (κ1) is 23.4. The van der Waals surface area contributed by atoms with Crippen LogP contribution >= 0.6 is 23.8 Å². The molecule has 3 heterocycles. The summed E-state index contributed by atoms with van der Waals surface area (Å²) in [5, 5.41) is 4.75. The summed E-state index contributed by atoms with van der Waals surface area (Å²) in [6, 6.07) is 23.2. The number of aryl methyl sites for hydroxylation is 1. The maximum Gasteiger partial charge on any atom is 0.174 e. The minimum absolute atomic E-state index is 0.105. The number of rotatable bonds is 6. The van der Waals surface area contributed by atoms with Gasteiger partial charge in [-0.15, -0.1) is 0 Å². The molecule has 1 N–H and O–H groups in total. The van der Waals surface area contributed by atoms with E-state index in [2.05, 4.69) is 15.2 Å². The lowest BCUT2D eigenvalue weighted by molar-refractivity contribution is 0.242. The van der Waals surface area contributed by atoms with Gasteiger partial charge in [-0.05, 0) is 99.2 Å². The fraction of sp³-hybridized carbons (Fsp3) is 0.214. The Morgan fingerprint density at radius 1 is 1.06 bits per heavy atom. The molecule has 35 heavy (non-hydrogen) atoms. The predicted octanol–water partition coefficient (Wildman–Crippen LogP) is 7.27. The Balaban J connectivity index is 1.56. The smallest absolute Gasteiger partial charge is 0.174 e. The molecule has 1 aliphatic heterocycles. The van der Waals surface area contributed by atoms with E-state index < -0.39 is 0 Å². The van der Waals surface area contributed by atoms with Gasteiger partial charge < -0.3 is 19.4 Å². The Hall–Kier alpha value is -3.35. The minimum atomic E-state index is -0.234. The molecule has 2 unspecified atom stereocenters. The molecule has 0 aliphatic carbocycles. The first-order chi connectivity index (χ1) is 16.9. The molecule has 1 saturated heterocycles. The number of ether oxygens (including phenoxy) is 1. The summed E-state index contributed by atoms with van der Waals surface area (Å²) in [6.07, 6.45) is 1.90. The summed E-state index contributed by atoms with van der Waals surface area (Å²) < 4.78 is 12.3. The van der Waals surface area contributed by atoms with Crippen molar-refractivity contribution in [2.24, 2.45) is 0 Å². The maximum atomic E-state index is 6.47. The normalized spacial score (nSPS) is 17.6. The lowest BCUT2D eigenvalue weighted by atomic mass is 10.0. The van der Waals surface area contributed by atoms with Crippen LogP contribution in [0, 0.1) is 6.92 Å². The van der Waals surface area contributed by atoms with Crippen molar-refractivity contribution in [2.75, 3.05) is 4.90 Å². The van der Waals surface area contributed by atoms with E-state index in [1.54, 1.807) is 6.20 Å². The van der Waals surface area contributed by atoms with Crippen LogP contribution in [-0.4, -0.2) is 16.2 Å². The van der Waals surface area contributed by atoms with Crippen LogP contribution in [0.1, 0.15) is 42.9 Å². The molecule has 2 atom stereocenters. The third-order valence-electron chi connectivity index (χ3n) is 5.97. The lowest BCUT2D eigenvalue weighted by Crippen LogP contribution is -2.29. The highest BCUT2D eigenvalue weighted by atomic mass is 35.5. The Morgan fingerprint density at radius 3 is 2.57 bits per heavy atom. The van der Waals surface area contributed by atoms with Gasteiger partial charge in [0.25, 0.3) is 0 Å². The molecule has 5 nitrogen and oxygen atoms in total. The zero-order valence-electron chi connectivity index (χ0n) is 19.7. The Labute approximate surface area is 215 Å². The van der Waals surface area contributed by atoms with Crippen molar-refractivity contribution in [1.29, 1.82) is 0 Å². The Morgan fingerprint density at radius 2 is 1.86 bits per heavy atom. The predicted molar refractivity (Wildman–Crippen MR) is 144 cm³/mol. The van der Waals surface area contributed by atoms with Crippen LogP contribution in [0.4, 0.5) is 5.69 Å². The first-order valence-electron chi connectivity index (χ1n) is 11.5. The van der Waals surface area contributed by atoms with E-state index in [-0.39, 0.29) is 18.2 Å². The molecule has 0 radical (unpaired) electrons. The molecule has 0 amide bonds. The summed E-state index contributed by atoms with van der Waals surface area (Å²) >= 11 is 12.1. The Bertz CT molecular complexity index is 1340. The SMILES string of the molecule is Cc1ccc(Cl)cc1-c1ccc(C2C(c3ccccn3)NC(=S)N2c2ccc(OC(C)C)cc2)o1. The second-order valence-electron chi connectivity index (χ2n) is 8.82. The first-order valence-corrected chi connectivity index (χ1v) is 12.3. The van der Waals surface area contributed by atoms with Gasteiger partial charge in [0, 0.05) is 22.5 Å². The van der Waals surface area contributed by atoms with Gasteiger partial charge in [0.2, 0.25) is 0 Å². The van der Waals surface area contributed by atoms with E-state index in [0.29, 0.717) is 10.1 Å². The van der Waals surface area contributed by atoms with E-state index in [0.717, 1.165) is 39.8 Å². The zero-order chi connectivity index (χ0) is 24.5. The molecule has 0 spiro atoms. The van der Waals surface area contributed by atoms with E-state index >= 15 is 0 Å². The Kier molecular flexibility index (Phi) is 6.50. The second-order valence-corrected chi connectivity index (χ2v) is 9.64. The van der Waals surface area contributed by atoms with Crippen molar-refractivity contribution >= 4 is 34.6 Å². The molecule has 4 aromatic rings. The standard InChI is InChI=1S/C28H26ClN3O2S/c1-17(2)33-21-11-9-20(10-12-21)32-27(26(31-28(32)35)23-6-4-5-15-30-23)25-14-13-24(34-25)22-16-19(29)8-7-18(22)3/h4-17,26-27H,1-3H3,(H,31,35). The number of pyridine rings is 1. The van der Waals surface area contributed by atoms with E-state index in [9.17, 15) is 0 Å². The molecule has 0 bridgehead atoms. The third kappa shape index (κ3) is 4.77. The fourth-order valence-corrected chi connectivity index (χ4v) is 4.91. The van der Waals surface area contributed by atoms with Crippen molar-refractivity contribution in [1.82, 2.24) is 10.3 Å². The number of hydrogen-bond donors (Lipinski definition) is 1. The molecular weight excluding hydrogens is 478 g/mol. The van der Waals surface area contributed by atoms with Gasteiger partial charge in [-0.25, -0.2) is 0 Å². The van der Waals surface area contributed by atoms with Gasteiger partial charge >= 0.3 is 0 Å². The average molecular weight is 504 g/mol. The van der Waals surface area contributed by atoms with Crippen LogP contribution in [0.2, 0.25) is 5.02 Å². The van der Waals surface area contributed by atoms with Gasteiger partial charge in [0.1, 0.15) is 23.3 Å². The quantitative estimate of drug-likeness (QED) is 0.279. The number of halogens is 1. The zero-order valence-corrected chi connectivity index (χ0v) is 21.3. The van der Waals surface area contributed by atoms with Crippen molar-refractivity contribution in [3.05, 3.63) is 101 Å². The number of aromatic nitrogens is 1. The van der Waals surface area contributed by atoms with Gasteiger partial charge in [-0.1, -0.05) is 23.7 Å². The maximum absolute atomic E-state index is 6.47. The molecule has 7 heteroatoms. The van der Waals surface area contributed by atoms with Crippen molar-refractivity contribution < 1.29 is 9.15 Å². The van der Waals surface area contributed by atoms with Gasteiger partial charge in [-0.3, -0.25) is 4.98 Å². The average Bonchev–Trinajstić information content (AvgIpc) is 3.46. The van der Waals surface area contributed by atoms with E-state index in [1.165, 1.54) is 0 Å². The van der Waals surface area contributed by atoms with E-state index in [4.69, 9.17) is 33.0 Å². The molecule has 178 valence electrons. The van der Waals surface area contributed by atoms with Crippen molar-refractivity contribution in [3.63, 3.8) is 0 Å².